The minimum absolute atomic E-state index is 0.443. The highest BCUT2D eigenvalue weighted by Crippen LogP contribution is 2.18. The average Bonchev–Trinajstić information content (AvgIpc) is 2.35. The zero-order valence-corrected chi connectivity index (χ0v) is 11.9. The Morgan fingerprint density at radius 1 is 1.42 bits per heavy atom. The predicted molar refractivity (Wildman–Crippen MR) is 77.2 cm³/mol. The van der Waals surface area contributed by atoms with Gasteiger partial charge in [0.1, 0.15) is 6.04 Å². The van der Waals surface area contributed by atoms with E-state index in [4.69, 9.17) is 10.8 Å². The van der Waals surface area contributed by atoms with Gasteiger partial charge in [-0.05, 0) is 42.5 Å². The Morgan fingerprint density at radius 2 is 2.11 bits per heavy atom. The smallest absolute Gasteiger partial charge is 0.320 e. The Labute approximate surface area is 115 Å². The van der Waals surface area contributed by atoms with Crippen LogP contribution < -0.4 is 11.1 Å². The zero-order valence-electron chi connectivity index (χ0n) is 11.9. The molecule has 0 aliphatic heterocycles. The van der Waals surface area contributed by atoms with Crippen LogP contribution in [0.5, 0.6) is 0 Å². The third-order valence-corrected chi connectivity index (χ3v) is 3.30. The Hall–Kier alpha value is -1.39. The summed E-state index contributed by atoms with van der Waals surface area (Å²) in [4.78, 5) is 10.6. The van der Waals surface area contributed by atoms with Gasteiger partial charge in [-0.15, -0.1) is 0 Å². The minimum Gasteiger partial charge on any atom is -0.480 e. The minimum atomic E-state index is -0.945. The molecule has 4 nitrogen and oxygen atoms in total. The van der Waals surface area contributed by atoms with Gasteiger partial charge in [0.05, 0.1) is 0 Å². The Balaban J connectivity index is 2.49. The number of hydrogen-bond donors (Lipinski definition) is 3. The molecule has 0 aliphatic rings. The van der Waals surface area contributed by atoms with Gasteiger partial charge < -0.3 is 16.2 Å². The van der Waals surface area contributed by atoms with E-state index in [9.17, 15) is 4.79 Å². The first kappa shape index (κ1) is 15.7. The fraction of sp³-hybridized carbons (Fsp3) is 0.533. The van der Waals surface area contributed by atoms with Crippen molar-refractivity contribution < 1.29 is 9.90 Å². The van der Waals surface area contributed by atoms with Crippen molar-refractivity contribution in [3.05, 3.63) is 34.9 Å². The van der Waals surface area contributed by atoms with Crippen molar-refractivity contribution >= 4 is 5.97 Å². The largest absolute Gasteiger partial charge is 0.480 e. The predicted octanol–water partition coefficient (Wildman–Crippen LogP) is 2.01. The van der Waals surface area contributed by atoms with E-state index in [1.54, 1.807) is 0 Å². The molecule has 0 heterocycles. The molecule has 19 heavy (non-hydrogen) atoms. The highest BCUT2D eigenvalue weighted by Gasteiger charge is 2.10. The molecule has 0 spiro atoms. The van der Waals surface area contributed by atoms with Crippen LogP contribution in [0, 0.1) is 6.92 Å². The van der Waals surface area contributed by atoms with E-state index in [0.717, 1.165) is 6.54 Å². The average molecular weight is 264 g/mol. The van der Waals surface area contributed by atoms with Crippen molar-refractivity contribution in [2.45, 2.75) is 45.7 Å². The van der Waals surface area contributed by atoms with E-state index in [1.807, 2.05) is 0 Å². The van der Waals surface area contributed by atoms with Crippen LogP contribution in [0.4, 0.5) is 0 Å². The molecule has 1 atom stereocenters. The lowest BCUT2D eigenvalue weighted by Crippen LogP contribution is -2.33. The van der Waals surface area contributed by atoms with Crippen molar-refractivity contribution in [2.75, 3.05) is 6.54 Å². The molecule has 0 bridgehead atoms. The first-order valence-corrected chi connectivity index (χ1v) is 6.70. The van der Waals surface area contributed by atoms with Gasteiger partial charge in [-0.1, -0.05) is 32.0 Å². The van der Waals surface area contributed by atoms with Crippen LogP contribution >= 0.6 is 0 Å². The van der Waals surface area contributed by atoms with Crippen LogP contribution in [-0.4, -0.2) is 23.7 Å². The van der Waals surface area contributed by atoms with Crippen molar-refractivity contribution in [1.29, 1.82) is 0 Å². The van der Waals surface area contributed by atoms with Gasteiger partial charge in [0.15, 0.2) is 0 Å². The van der Waals surface area contributed by atoms with E-state index in [0.29, 0.717) is 18.9 Å². The van der Waals surface area contributed by atoms with E-state index in [1.165, 1.54) is 16.7 Å². The molecule has 4 N–H and O–H groups in total. The number of carbonyl (C=O) groups is 1. The molecule has 4 heteroatoms. The van der Waals surface area contributed by atoms with Crippen LogP contribution in [-0.2, 0) is 11.3 Å². The quantitative estimate of drug-likeness (QED) is 0.659. The molecule has 1 rings (SSSR count). The Kier molecular flexibility index (Phi) is 5.99. The van der Waals surface area contributed by atoms with Crippen LogP contribution in [0.3, 0.4) is 0 Å². The molecule has 106 valence electrons. The number of aliphatic carboxylic acids is 1. The van der Waals surface area contributed by atoms with Gasteiger partial charge in [0.25, 0.3) is 0 Å². The maximum atomic E-state index is 10.6. The van der Waals surface area contributed by atoms with E-state index >= 15 is 0 Å². The third-order valence-electron chi connectivity index (χ3n) is 3.30. The summed E-state index contributed by atoms with van der Waals surface area (Å²) in [6.07, 6.45) is 0.443. The first-order valence-electron chi connectivity index (χ1n) is 6.70. The molecule has 0 aliphatic carbocycles. The third kappa shape index (κ3) is 5.01. The summed E-state index contributed by atoms with van der Waals surface area (Å²) in [6, 6.07) is 5.72. The van der Waals surface area contributed by atoms with Crippen LogP contribution in [0.15, 0.2) is 18.2 Å². The molecule has 0 radical (unpaired) electrons. The molecule has 1 aromatic rings. The standard InChI is InChI=1S/C15H24N2O2/c1-10(2)12-5-4-11(3)13(8-12)9-17-7-6-14(16)15(18)19/h4-5,8,10,14,17H,6-7,9,16H2,1-3H3,(H,18,19). The number of hydrogen-bond acceptors (Lipinski definition) is 3. The Bertz CT molecular complexity index is 430. The van der Waals surface area contributed by atoms with E-state index in [-0.39, 0.29) is 0 Å². The van der Waals surface area contributed by atoms with Gasteiger partial charge in [-0.2, -0.15) is 0 Å². The summed E-state index contributed by atoms with van der Waals surface area (Å²) >= 11 is 0. The second kappa shape index (κ2) is 7.26. The summed E-state index contributed by atoms with van der Waals surface area (Å²) < 4.78 is 0. The second-order valence-corrected chi connectivity index (χ2v) is 5.25. The number of benzene rings is 1. The lowest BCUT2D eigenvalue weighted by atomic mass is 9.98. The van der Waals surface area contributed by atoms with Crippen molar-refractivity contribution in [3.8, 4) is 0 Å². The zero-order chi connectivity index (χ0) is 14.4. The molecule has 0 saturated heterocycles. The summed E-state index contributed by atoms with van der Waals surface area (Å²) in [5.74, 6) is -0.431. The maximum Gasteiger partial charge on any atom is 0.320 e. The number of rotatable bonds is 7. The van der Waals surface area contributed by atoms with Crippen LogP contribution in [0.25, 0.3) is 0 Å². The number of nitrogens with two attached hydrogens (primary N) is 1. The SMILES string of the molecule is Cc1ccc(C(C)C)cc1CNCCC(N)C(=O)O. The lowest BCUT2D eigenvalue weighted by Gasteiger charge is -2.13. The van der Waals surface area contributed by atoms with Gasteiger partial charge in [-0.3, -0.25) is 4.79 Å². The molecule has 0 amide bonds. The molecular weight excluding hydrogens is 240 g/mol. The molecule has 0 aromatic heterocycles. The summed E-state index contributed by atoms with van der Waals surface area (Å²) in [6.45, 7) is 7.79. The van der Waals surface area contributed by atoms with Gasteiger partial charge in [-0.25, -0.2) is 0 Å². The number of aryl methyl sites for hydroxylation is 1. The normalized spacial score (nSPS) is 12.7. The number of carboxylic acid groups (broad SMARTS) is 1. The highest BCUT2D eigenvalue weighted by atomic mass is 16.4. The number of carboxylic acids is 1. The van der Waals surface area contributed by atoms with Gasteiger partial charge in [0.2, 0.25) is 0 Å². The Morgan fingerprint density at radius 3 is 2.68 bits per heavy atom. The lowest BCUT2D eigenvalue weighted by molar-refractivity contribution is -0.138. The molecule has 0 saturated carbocycles. The van der Waals surface area contributed by atoms with Crippen LogP contribution in [0.1, 0.15) is 42.9 Å². The fourth-order valence-electron chi connectivity index (χ4n) is 1.85. The highest BCUT2D eigenvalue weighted by molar-refractivity contribution is 5.72. The number of nitrogens with one attached hydrogen (secondary N) is 1. The maximum absolute atomic E-state index is 10.6. The van der Waals surface area contributed by atoms with Crippen molar-refractivity contribution in [3.63, 3.8) is 0 Å². The molecular formula is C15H24N2O2. The topological polar surface area (TPSA) is 75.3 Å². The fourth-order valence-corrected chi connectivity index (χ4v) is 1.85. The second-order valence-electron chi connectivity index (χ2n) is 5.25. The van der Waals surface area contributed by atoms with Crippen molar-refractivity contribution in [1.82, 2.24) is 5.32 Å². The van der Waals surface area contributed by atoms with Gasteiger partial charge >= 0.3 is 5.97 Å². The van der Waals surface area contributed by atoms with Crippen LogP contribution in [0.2, 0.25) is 0 Å². The molecule has 1 unspecified atom stereocenters. The van der Waals surface area contributed by atoms with Gasteiger partial charge in [0, 0.05) is 6.54 Å². The monoisotopic (exact) mass is 264 g/mol. The van der Waals surface area contributed by atoms with E-state index in [2.05, 4.69) is 44.3 Å². The van der Waals surface area contributed by atoms with E-state index < -0.39 is 12.0 Å². The van der Waals surface area contributed by atoms with Crippen molar-refractivity contribution in [2.24, 2.45) is 5.73 Å². The summed E-state index contributed by atoms with van der Waals surface area (Å²) in [5.41, 5.74) is 9.28. The molecule has 1 aromatic carbocycles. The first-order chi connectivity index (χ1) is 8.91. The summed E-state index contributed by atoms with van der Waals surface area (Å²) in [7, 11) is 0. The summed E-state index contributed by atoms with van der Waals surface area (Å²) in [5, 5.41) is 11.9. The molecule has 0 fully saturated rings.